The lowest BCUT2D eigenvalue weighted by molar-refractivity contribution is -0.111. The molecule has 0 atom stereocenters. The van der Waals surface area contributed by atoms with Crippen molar-refractivity contribution < 1.29 is 9.21 Å². The average Bonchev–Trinajstić information content (AvgIpc) is 3.09. The number of anilines is 1. The van der Waals surface area contributed by atoms with Gasteiger partial charge in [0.1, 0.15) is 5.76 Å². The van der Waals surface area contributed by atoms with Crippen LogP contribution in [0.15, 0.2) is 77.4 Å². The summed E-state index contributed by atoms with van der Waals surface area (Å²) in [4.78, 5) is 12.7. The summed E-state index contributed by atoms with van der Waals surface area (Å²) in [5, 5.41) is 2.93. The monoisotopic (exact) mass is 303 g/mol. The number of hydrogen-bond donors (Lipinski definition) is 1. The van der Waals surface area contributed by atoms with E-state index in [1.807, 2.05) is 67.6 Å². The summed E-state index contributed by atoms with van der Waals surface area (Å²) in [6.45, 7) is 2.01. The summed E-state index contributed by atoms with van der Waals surface area (Å²) in [6.07, 6.45) is 3.34. The first-order valence-corrected chi connectivity index (χ1v) is 7.41. The minimum atomic E-state index is -0.170. The van der Waals surface area contributed by atoms with Crippen molar-refractivity contribution in [2.75, 3.05) is 5.32 Å². The Morgan fingerprint density at radius 3 is 2.35 bits per heavy atom. The van der Waals surface area contributed by atoms with E-state index in [0.717, 1.165) is 16.8 Å². The van der Waals surface area contributed by atoms with Crippen molar-refractivity contribution in [3.63, 3.8) is 0 Å². The molecule has 0 bridgehead atoms. The molecular weight excluding hydrogens is 286 g/mol. The maximum atomic E-state index is 12.7. The van der Waals surface area contributed by atoms with Gasteiger partial charge in [0, 0.05) is 5.69 Å². The fraction of sp³-hybridized carbons (Fsp3) is 0.0500. The molecule has 1 heterocycles. The molecule has 1 aromatic heterocycles. The summed E-state index contributed by atoms with van der Waals surface area (Å²) >= 11 is 0. The van der Waals surface area contributed by atoms with Gasteiger partial charge in [-0.15, -0.1) is 0 Å². The molecule has 0 saturated heterocycles. The van der Waals surface area contributed by atoms with Gasteiger partial charge in [-0.25, -0.2) is 0 Å². The molecule has 0 aliphatic heterocycles. The van der Waals surface area contributed by atoms with Crippen LogP contribution in [-0.2, 0) is 4.79 Å². The van der Waals surface area contributed by atoms with Crippen molar-refractivity contribution >= 4 is 23.2 Å². The molecule has 3 nitrogen and oxygen atoms in total. The number of nitrogens with one attached hydrogen (secondary N) is 1. The van der Waals surface area contributed by atoms with E-state index in [1.54, 1.807) is 18.4 Å². The van der Waals surface area contributed by atoms with E-state index in [4.69, 9.17) is 4.42 Å². The van der Waals surface area contributed by atoms with Gasteiger partial charge in [-0.1, -0.05) is 48.0 Å². The summed E-state index contributed by atoms with van der Waals surface area (Å²) in [5.41, 5.74) is 3.31. The minimum absolute atomic E-state index is 0.170. The van der Waals surface area contributed by atoms with Gasteiger partial charge in [0.15, 0.2) is 0 Å². The number of aryl methyl sites for hydroxylation is 1. The molecule has 3 aromatic rings. The van der Waals surface area contributed by atoms with E-state index < -0.39 is 0 Å². The summed E-state index contributed by atoms with van der Waals surface area (Å²) < 4.78 is 5.35. The molecule has 1 N–H and O–H groups in total. The third-order valence-corrected chi connectivity index (χ3v) is 3.47. The average molecular weight is 303 g/mol. The number of benzene rings is 2. The first-order valence-electron chi connectivity index (χ1n) is 7.41. The standard InChI is InChI=1S/C20H17NO2/c1-15-9-11-17(12-10-15)21-20(22)19(14-18-8-5-13-23-18)16-6-3-2-4-7-16/h2-14H,1H3,(H,21,22)/b19-14+. The van der Waals surface area contributed by atoms with Crippen LogP contribution in [0, 0.1) is 6.92 Å². The van der Waals surface area contributed by atoms with Crippen LogP contribution in [0.4, 0.5) is 5.69 Å². The van der Waals surface area contributed by atoms with E-state index in [1.165, 1.54) is 0 Å². The molecule has 0 fully saturated rings. The first kappa shape index (κ1) is 14.9. The Labute approximate surface area is 135 Å². The molecule has 3 rings (SSSR count). The largest absolute Gasteiger partial charge is 0.465 e. The van der Waals surface area contributed by atoms with Gasteiger partial charge in [-0.3, -0.25) is 4.79 Å². The third kappa shape index (κ3) is 3.77. The number of hydrogen-bond acceptors (Lipinski definition) is 2. The van der Waals surface area contributed by atoms with Crippen LogP contribution in [-0.4, -0.2) is 5.91 Å². The predicted octanol–water partition coefficient (Wildman–Crippen LogP) is 4.77. The summed E-state index contributed by atoms with van der Waals surface area (Å²) in [7, 11) is 0. The Bertz CT molecular complexity index is 801. The molecule has 0 spiro atoms. The Morgan fingerprint density at radius 2 is 1.70 bits per heavy atom. The molecule has 3 heteroatoms. The highest BCUT2D eigenvalue weighted by atomic mass is 16.3. The van der Waals surface area contributed by atoms with E-state index in [0.29, 0.717) is 11.3 Å². The normalized spacial score (nSPS) is 11.3. The molecule has 0 unspecified atom stereocenters. The van der Waals surface area contributed by atoms with Gasteiger partial charge >= 0.3 is 0 Å². The maximum Gasteiger partial charge on any atom is 0.256 e. The molecule has 2 aromatic carbocycles. The lowest BCUT2D eigenvalue weighted by atomic mass is 10.0. The number of carbonyl (C=O) groups is 1. The van der Waals surface area contributed by atoms with Gasteiger partial charge in [0.25, 0.3) is 5.91 Å². The molecule has 0 radical (unpaired) electrons. The summed E-state index contributed by atoms with van der Waals surface area (Å²) in [5.74, 6) is 0.472. The Hall–Kier alpha value is -3.07. The Kier molecular flexibility index (Phi) is 4.39. The molecule has 114 valence electrons. The van der Waals surface area contributed by atoms with Gasteiger partial charge in [-0.05, 0) is 42.8 Å². The zero-order valence-electron chi connectivity index (χ0n) is 12.8. The van der Waals surface area contributed by atoms with Crippen LogP contribution in [0.25, 0.3) is 11.6 Å². The van der Waals surface area contributed by atoms with Crippen molar-refractivity contribution in [1.29, 1.82) is 0 Å². The minimum Gasteiger partial charge on any atom is -0.465 e. The highest BCUT2D eigenvalue weighted by molar-refractivity contribution is 6.29. The van der Waals surface area contributed by atoms with Gasteiger partial charge in [0.2, 0.25) is 0 Å². The van der Waals surface area contributed by atoms with Crippen LogP contribution in [0.5, 0.6) is 0 Å². The maximum absolute atomic E-state index is 12.7. The highest BCUT2D eigenvalue weighted by Gasteiger charge is 2.13. The molecular formula is C20H17NO2. The third-order valence-electron chi connectivity index (χ3n) is 3.47. The molecule has 0 saturated carbocycles. The predicted molar refractivity (Wildman–Crippen MR) is 92.8 cm³/mol. The van der Waals surface area contributed by atoms with Gasteiger partial charge in [-0.2, -0.15) is 0 Å². The first-order chi connectivity index (χ1) is 11.2. The fourth-order valence-corrected chi connectivity index (χ4v) is 2.25. The Morgan fingerprint density at radius 1 is 0.957 bits per heavy atom. The lowest BCUT2D eigenvalue weighted by Crippen LogP contribution is -2.13. The van der Waals surface area contributed by atoms with Crippen molar-refractivity contribution in [2.45, 2.75) is 6.92 Å². The number of furan rings is 1. The number of amides is 1. The second-order valence-electron chi connectivity index (χ2n) is 5.26. The zero-order chi connectivity index (χ0) is 16.1. The quantitative estimate of drug-likeness (QED) is 0.706. The van der Waals surface area contributed by atoms with Gasteiger partial charge < -0.3 is 9.73 Å². The fourth-order valence-electron chi connectivity index (χ4n) is 2.25. The number of rotatable bonds is 4. The lowest BCUT2D eigenvalue weighted by Gasteiger charge is -2.09. The van der Waals surface area contributed by atoms with Crippen LogP contribution in [0.3, 0.4) is 0 Å². The van der Waals surface area contributed by atoms with Crippen LogP contribution in [0.2, 0.25) is 0 Å². The molecule has 0 aliphatic carbocycles. The van der Waals surface area contributed by atoms with Gasteiger partial charge in [0.05, 0.1) is 11.8 Å². The van der Waals surface area contributed by atoms with Crippen molar-refractivity contribution in [1.82, 2.24) is 0 Å². The zero-order valence-corrected chi connectivity index (χ0v) is 12.8. The van der Waals surface area contributed by atoms with Crippen molar-refractivity contribution in [3.8, 4) is 0 Å². The van der Waals surface area contributed by atoms with Crippen molar-refractivity contribution in [3.05, 3.63) is 89.9 Å². The van der Waals surface area contributed by atoms with E-state index >= 15 is 0 Å². The van der Waals surface area contributed by atoms with Crippen LogP contribution < -0.4 is 5.32 Å². The SMILES string of the molecule is Cc1ccc(NC(=O)/C(=C/c2ccco2)c2ccccc2)cc1. The Balaban J connectivity index is 1.92. The molecule has 23 heavy (non-hydrogen) atoms. The second-order valence-corrected chi connectivity index (χ2v) is 5.26. The smallest absolute Gasteiger partial charge is 0.256 e. The highest BCUT2D eigenvalue weighted by Crippen LogP contribution is 2.21. The second kappa shape index (κ2) is 6.79. The van der Waals surface area contributed by atoms with Crippen LogP contribution in [0.1, 0.15) is 16.9 Å². The topological polar surface area (TPSA) is 42.2 Å². The van der Waals surface area contributed by atoms with Crippen molar-refractivity contribution in [2.24, 2.45) is 0 Å². The van der Waals surface area contributed by atoms with E-state index in [-0.39, 0.29) is 5.91 Å². The summed E-state index contributed by atoms with van der Waals surface area (Å²) in [6, 6.07) is 20.9. The van der Waals surface area contributed by atoms with E-state index in [9.17, 15) is 4.79 Å². The van der Waals surface area contributed by atoms with E-state index in [2.05, 4.69) is 5.32 Å². The van der Waals surface area contributed by atoms with Crippen LogP contribution >= 0.6 is 0 Å². The molecule has 0 aliphatic rings. The number of carbonyl (C=O) groups excluding carboxylic acids is 1. The molecule has 1 amide bonds.